The summed E-state index contributed by atoms with van der Waals surface area (Å²) in [5, 5.41) is 12.8. The lowest BCUT2D eigenvalue weighted by atomic mass is 10.2. The van der Waals surface area contributed by atoms with E-state index in [4.69, 9.17) is 0 Å². The van der Waals surface area contributed by atoms with E-state index in [1.807, 2.05) is 36.2 Å². The van der Waals surface area contributed by atoms with Crippen molar-refractivity contribution in [3.8, 4) is 5.82 Å². The average molecular weight is 416 g/mol. The molecule has 1 aliphatic heterocycles. The first-order chi connectivity index (χ1) is 13.9. The predicted octanol–water partition coefficient (Wildman–Crippen LogP) is 1.76. The maximum absolute atomic E-state index is 13.3. The molecule has 3 aromatic rings. The van der Waals surface area contributed by atoms with Crippen LogP contribution < -0.4 is 4.90 Å². The van der Waals surface area contributed by atoms with E-state index in [9.17, 15) is 12.8 Å². The van der Waals surface area contributed by atoms with Gasteiger partial charge in [-0.25, -0.2) is 17.5 Å². The van der Waals surface area contributed by atoms with Gasteiger partial charge in [0.2, 0.25) is 10.0 Å². The largest absolute Gasteiger partial charge is 0.352 e. The summed E-state index contributed by atoms with van der Waals surface area (Å²) in [7, 11) is -3.51. The molecule has 0 radical (unpaired) electrons. The maximum Gasteiger partial charge on any atom is 0.218 e. The number of aryl methyl sites for hydroxylation is 1. The third kappa shape index (κ3) is 4.43. The van der Waals surface area contributed by atoms with Gasteiger partial charge in [-0.1, -0.05) is 12.1 Å². The van der Waals surface area contributed by atoms with Gasteiger partial charge in [-0.3, -0.25) is 0 Å². The van der Waals surface area contributed by atoms with Crippen LogP contribution in [0.3, 0.4) is 0 Å². The van der Waals surface area contributed by atoms with Gasteiger partial charge < -0.3 is 4.90 Å². The summed E-state index contributed by atoms with van der Waals surface area (Å²) >= 11 is 0. The standard InChI is InChI=1S/C19H21FN6O2S/c1-15-7-8-26(23-15)19-6-5-18(21-22-19)24-9-11-25(12-10-24)29(27,28)14-16-3-2-4-17(20)13-16/h2-8,13H,9-12,14H2,1H3. The Kier molecular flexibility index (Phi) is 5.29. The number of aromatic nitrogens is 4. The Hall–Kier alpha value is -2.85. The number of benzene rings is 1. The Morgan fingerprint density at radius 1 is 1.00 bits per heavy atom. The molecule has 1 saturated heterocycles. The summed E-state index contributed by atoms with van der Waals surface area (Å²) in [4.78, 5) is 2.00. The predicted molar refractivity (Wildman–Crippen MR) is 107 cm³/mol. The molecule has 0 amide bonds. The number of hydrogen-bond acceptors (Lipinski definition) is 6. The van der Waals surface area contributed by atoms with Crippen molar-refractivity contribution in [3.63, 3.8) is 0 Å². The number of hydrogen-bond donors (Lipinski definition) is 0. The van der Waals surface area contributed by atoms with Gasteiger partial charge in [0, 0.05) is 32.4 Å². The number of rotatable bonds is 5. The zero-order valence-corrected chi connectivity index (χ0v) is 16.8. The molecule has 4 rings (SSSR count). The summed E-state index contributed by atoms with van der Waals surface area (Å²) < 4.78 is 41.8. The number of piperazine rings is 1. The van der Waals surface area contributed by atoms with E-state index in [0.29, 0.717) is 43.4 Å². The monoisotopic (exact) mass is 416 g/mol. The van der Waals surface area contributed by atoms with Gasteiger partial charge in [-0.2, -0.15) is 9.40 Å². The molecule has 29 heavy (non-hydrogen) atoms. The topological polar surface area (TPSA) is 84.2 Å². The van der Waals surface area contributed by atoms with Crippen LogP contribution in [-0.2, 0) is 15.8 Å². The highest BCUT2D eigenvalue weighted by Gasteiger charge is 2.27. The number of halogens is 1. The minimum absolute atomic E-state index is 0.206. The van der Waals surface area contributed by atoms with E-state index in [1.54, 1.807) is 10.7 Å². The molecule has 8 nitrogen and oxygen atoms in total. The minimum atomic E-state index is -3.51. The molecule has 0 spiro atoms. The van der Waals surface area contributed by atoms with Crippen molar-refractivity contribution >= 4 is 15.8 Å². The van der Waals surface area contributed by atoms with Crippen LogP contribution >= 0.6 is 0 Å². The molecular weight excluding hydrogens is 395 g/mol. The van der Waals surface area contributed by atoms with E-state index in [1.165, 1.54) is 22.5 Å². The van der Waals surface area contributed by atoms with E-state index in [2.05, 4.69) is 15.3 Å². The highest BCUT2D eigenvalue weighted by Crippen LogP contribution is 2.18. The van der Waals surface area contributed by atoms with Crippen molar-refractivity contribution in [2.75, 3.05) is 31.1 Å². The molecule has 0 atom stereocenters. The normalized spacial score (nSPS) is 15.6. The molecule has 3 heterocycles. The smallest absolute Gasteiger partial charge is 0.218 e. The molecule has 1 aromatic carbocycles. The summed E-state index contributed by atoms with van der Waals surface area (Å²) in [5.41, 5.74) is 1.34. The molecule has 10 heteroatoms. The fourth-order valence-electron chi connectivity index (χ4n) is 3.28. The summed E-state index contributed by atoms with van der Waals surface area (Å²) in [6, 6.07) is 11.3. The molecule has 1 aliphatic rings. The Bertz CT molecular complexity index is 1090. The van der Waals surface area contributed by atoms with Gasteiger partial charge in [-0.05, 0) is 42.8 Å². The van der Waals surface area contributed by atoms with Gasteiger partial charge >= 0.3 is 0 Å². The molecule has 0 bridgehead atoms. The molecule has 2 aromatic heterocycles. The quantitative estimate of drug-likeness (QED) is 0.630. The Balaban J connectivity index is 1.38. The van der Waals surface area contributed by atoms with Crippen LogP contribution in [0.2, 0.25) is 0 Å². The second-order valence-electron chi connectivity index (χ2n) is 6.92. The van der Waals surface area contributed by atoms with Crippen molar-refractivity contribution in [1.29, 1.82) is 0 Å². The van der Waals surface area contributed by atoms with Crippen LogP contribution in [0.5, 0.6) is 0 Å². The number of sulfonamides is 1. The lowest BCUT2D eigenvalue weighted by Gasteiger charge is -2.34. The van der Waals surface area contributed by atoms with Crippen molar-refractivity contribution in [1.82, 2.24) is 24.3 Å². The number of nitrogens with zero attached hydrogens (tertiary/aromatic N) is 6. The second kappa shape index (κ2) is 7.88. The summed E-state index contributed by atoms with van der Waals surface area (Å²) in [6.07, 6.45) is 1.82. The van der Waals surface area contributed by atoms with Crippen LogP contribution in [0.15, 0.2) is 48.7 Å². The van der Waals surface area contributed by atoms with Gasteiger partial charge in [0.15, 0.2) is 11.6 Å². The van der Waals surface area contributed by atoms with Gasteiger partial charge in [0.05, 0.1) is 11.4 Å². The molecule has 0 N–H and O–H groups in total. The minimum Gasteiger partial charge on any atom is -0.352 e. The lowest BCUT2D eigenvalue weighted by molar-refractivity contribution is 0.383. The fourth-order valence-corrected chi connectivity index (χ4v) is 4.78. The van der Waals surface area contributed by atoms with Crippen molar-refractivity contribution in [2.24, 2.45) is 0 Å². The maximum atomic E-state index is 13.3. The van der Waals surface area contributed by atoms with Crippen LogP contribution in [-0.4, -0.2) is 58.9 Å². The molecule has 0 saturated carbocycles. The van der Waals surface area contributed by atoms with Crippen LogP contribution in [0.1, 0.15) is 11.3 Å². The highest BCUT2D eigenvalue weighted by molar-refractivity contribution is 7.88. The molecule has 152 valence electrons. The SMILES string of the molecule is Cc1ccn(-c2ccc(N3CCN(S(=O)(=O)Cc4cccc(F)c4)CC3)nn2)n1. The molecule has 1 fully saturated rings. The van der Waals surface area contributed by atoms with Gasteiger partial charge in [-0.15, -0.1) is 10.2 Å². The Morgan fingerprint density at radius 2 is 1.72 bits per heavy atom. The van der Waals surface area contributed by atoms with Crippen molar-refractivity contribution in [2.45, 2.75) is 12.7 Å². The Labute approximate surface area is 168 Å². The first-order valence-corrected chi connectivity index (χ1v) is 10.9. The second-order valence-corrected chi connectivity index (χ2v) is 8.89. The third-order valence-corrected chi connectivity index (χ3v) is 6.64. The average Bonchev–Trinajstić information content (AvgIpc) is 3.14. The third-order valence-electron chi connectivity index (χ3n) is 4.79. The van der Waals surface area contributed by atoms with Crippen molar-refractivity contribution < 1.29 is 12.8 Å². The van der Waals surface area contributed by atoms with Crippen LogP contribution in [0, 0.1) is 12.7 Å². The first-order valence-electron chi connectivity index (χ1n) is 9.24. The molecule has 0 unspecified atom stereocenters. The van der Waals surface area contributed by atoms with E-state index >= 15 is 0 Å². The van der Waals surface area contributed by atoms with Crippen molar-refractivity contribution in [3.05, 3.63) is 65.7 Å². The summed E-state index contributed by atoms with van der Waals surface area (Å²) in [5.74, 6) is 0.676. The number of anilines is 1. The van der Waals surface area contributed by atoms with Crippen LogP contribution in [0.4, 0.5) is 10.2 Å². The lowest BCUT2D eigenvalue weighted by Crippen LogP contribution is -2.49. The first kappa shape index (κ1) is 19.5. The van der Waals surface area contributed by atoms with E-state index in [0.717, 1.165) is 5.69 Å². The van der Waals surface area contributed by atoms with Gasteiger partial charge in [0.1, 0.15) is 5.82 Å². The molecule has 0 aliphatic carbocycles. The highest BCUT2D eigenvalue weighted by atomic mass is 32.2. The Morgan fingerprint density at radius 3 is 2.34 bits per heavy atom. The fraction of sp³-hybridized carbons (Fsp3) is 0.316. The zero-order valence-electron chi connectivity index (χ0n) is 15.9. The van der Waals surface area contributed by atoms with E-state index in [-0.39, 0.29) is 5.75 Å². The molecular formula is C19H21FN6O2S. The van der Waals surface area contributed by atoms with Crippen LogP contribution in [0.25, 0.3) is 5.82 Å². The van der Waals surface area contributed by atoms with Gasteiger partial charge in [0.25, 0.3) is 0 Å². The van der Waals surface area contributed by atoms with E-state index < -0.39 is 15.8 Å². The summed E-state index contributed by atoms with van der Waals surface area (Å²) in [6.45, 7) is 3.62. The zero-order chi connectivity index (χ0) is 20.4.